The monoisotopic (exact) mass is 384 g/mol. The van der Waals surface area contributed by atoms with Crippen LogP contribution in [0.2, 0.25) is 0 Å². The number of amides is 1. The maximum atomic E-state index is 12.8. The Morgan fingerprint density at radius 3 is 2.32 bits per heavy atom. The molecule has 0 aromatic carbocycles. The van der Waals surface area contributed by atoms with E-state index in [1.54, 1.807) is 31.8 Å². The highest BCUT2D eigenvalue weighted by Crippen LogP contribution is 2.20. The zero-order valence-electron chi connectivity index (χ0n) is 16.0. The van der Waals surface area contributed by atoms with Crippen LogP contribution in [-0.2, 0) is 4.74 Å². The summed E-state index contributed by atoms with van der Waals surface area (Å²) in [5.74, 6) is 2.27. The number of methoxy groups -OCH3 is 1. The van der Waals surface area contributed by atoms with Crippen LogP contribution in [0.25, 0.3) is 0 Å². The molecule has 0 radical (unpaired) electrons. The van der Waals surface area contributed by atoms with Crippen molar-refractivity contribution in [1.82, 2.24) is 19.9 Å². The highest BCUT2D eigenvalue weighted by molar-refractivity contribution is 5.94. The summed E-state index contributed by atoms with van der Waals surface area (Å²) < 4.78 is 10.5. The fourth-order valence-corrected chi connectivity index (χ4v) is 3.45. The molecule has 0 spiro atoms. The highest BCUT2D eigenvalue weighted by atomic mass is 16.5. The molecule has 9 heteroatoms. The van der Waals surface area contributed by atoms with E-state index in [9.17, 15) is 4.79 Å². The van der Waals surface area contributed by atoms with Gasteiger partial charge in [0.2, 0.25) is 5.88 Å². The maximum absolute atomic E-state index is 12.8. The molecule has 0 N–H and O–H groups in total. The van der Waals surface area contributed by atoms with Crippen LogP contribution in [0.15, 0.2) is 30.7 Å². The van der Waals surface area contributed by atoms with Gasteiger partial charge in [0, 0.05) is 63.2 Å². The molecule has 0 saturated carbocycles. The molecule has 0 unspecified atom stereocenters. The van der Waals surface area contributed by atoms with E-state index in [4.69, 9.17) is 9.47 Å². The van der Waals surface area contributed by atoms with Crippen LogP contribution in [0, 0.1) is 0 Å². The normalized spacial score (nSPS) is 17.5. The van der Waals surface area contributed by atoms with Gasteiger partial charge in [-0.3, -0.25) is 4.79 Å². The standard InChI is InChI=1S/C19H24N6O3/c1-27-18-12-15(2-3-20-18)19(26)25-6-4-23(5-7-25)16-13-17(22-14-21-16)24-8-10-28-11-9-24/h2-3,12-14H,4-11H2,1H3. The minimum absolute atomic E-state index is 0.00274. The van der Waals surface area contributed by atoms with Crippen molar-refractivity contribution in [3.8, 4) is 5.88 Å². The van der Waals surface area contributed by atoms with E-state index in [2.05, 4.69) is 24.8 Å². The van der Waals surface area contributed by atoms with Gasteiger partial charge >= 0.3 is 0 Å². The van der Waals surface area contributed by atoms with Crippen molar-refractivity contribution in [2.75, 3.05) is 69.4 Å². The van der Waals surface area contributed by atoms with E-state index in [0.29, 0.717) is 24.5 Å². The van der Waals surface area contributed by atoms with Gasteiger partial charge < -0.3 is 24.2 Å². The smallest absolute Gasteiger partial charge is 0.254 e. The third kappa shape index (κ3) is 3.99. The Kier molecular flexibility index (Phi) is 5.52. The molecule has 1 amide bonds. The number of rotatable bonds is 4. The molecular formula is C19H24N6O3. The Hall–Kier alpha value is -2.94. The molecule has 4 rings (SSSR count). The molecule has 2 aliphatic rings. The Bertz CT molecular complexity index is 819. The molecule has 28 heavy (non-hydrogen) atoms. The van der Waals surface area contributed by atoms with Crippen LogP contribution in [0.5, 0.6) is 5.88 Å². The second-order valence-corrected chi connectivity index (χ2v) is 6.70. The predicted octanol–water partition coefficient (Wildman–Crippen LogP) is 0.679. The number of morpholine rings is 1. The molecule has 2 fully saturated rings. The number of hydrogen-bond donors (Lipinski definition) is 0. The van der Waals surface area contributed by atoms with Crippen LogP contribution in [-0.4, -0.2) is 85.4 Å². The predicted molar refractivity (Wildman–Crippen MR) is 104 cm³/mol. The number of anilines is 2. The third-order valence-electron chi connectivity index (χ3n) is 5.06. The molecule has 0 aliphatic carbocycles. The van der Waals surface area contributed by atoms with Crippen LogP contribution in [0.1, 0.15) is 10.4 Å². The average Bonchev–Trinajstić information content (AvgIpc) is 2.79. The number of carbonyl (C=O) groups excluding carboxylic acids is 1. The zero-order chi connectivity index (χ0) is 19.3. The lowest BCUT2D eigenvalue weighted by molar-refractivity contribution is 0.0746. The summed E-state index contributed by atoms with van der Waals surface area (Å²) in [4.78, 5) is 31.9. The lowest BCUT2D eigenvalue weighted by atomic mass is 10.2. The van der Waals surface area contributed by atoms with Crippen LogP contribution in [0.3, 0.4) is 0 Å². The van der Waals surface area contributed by atoms with Gasteiger partial charge in [-0.15, -0.1) is 0 Å². The van der Waals surface area contributed by atoms with Crippen LogP contribution < -0.4 is 14.5 Å². The SMILES string of the molecule is COc1cc(C(=O)N2CCN(c3cc(N4CCOCC4)ncn3)CC2)ccn1. The number of piperazine rings is 1. The molecule has 9 nitrogen and oxygen atoms in total. The van der Waals surface area contributed by atoms with Crippen LogP contribution in [0.4, 0.5) is 11.6 Å². The minimum atomic E-state index is -0.00274. The van der Waals surface area contributed by atoms with E-state index in [1.807, 2.05) is 11.0 Å². The van der Waals surface area contributed by atoms with Gasteiger partial charge in [0.05, 0.1) is 20.3 Å². The first-order chi connectivity index (χ1) is 13.7. The van der Waals surface area contributed by atoms with Crippen molar-refractivity contribution < 1.29 is 14.3 Å². The van der Waals surface area contributed by atoms with Gasteiger partial charge in [0.15, 0.2) is 0 Å². The molecule has 2 saturated heterocycles. The summed E-state index contributed by atoms with van der Waals surface area (Å²) in [5.41, 5.74) is 0.594. The van der Waals surface area contributed by atoms with Crippen molar-refractivity contribution in [3.63, 3.8) is 0 Å². The summed E-state index contributed by atoms with van der Waals surface area (Å²) >= 11 is 0. The second kappa shape index (κ2) is 8.39. The number of hydrogen-bond acceptors (Lipinski definition) is 8. The molecule has 0 atom stereocenters. The summed E-state index contributed by atoms with van der Waals surface area (Å²) in [6.07, 6.45) is 3.21. The first-order valence-electron chi connectivity index (χ1n) is 9.43. The van der Waals surface area contributed by atoms with Gasteiger partial charge in [0.25, 0.3) is 5.91 Å². The largest absolute Gasteiger partial charge is 0.481 e. The summed E-state index contributed by atoms with van der Waals surface area (Å²) in [5, 5.41) is 0. The van der Waals surface area contributed by atoms with Crippen molar-refractivity contribution in [2.45, 2.75) is 0 Å². The summed E-state index contributed by atoms with van der Waals surface area (Å²) in [6.45, 7) is 5.86. The van der Waals surface area contributed by atoms with Gasteiger partial charge in [-0.2, -0.15) is 0 Å². The average molecular weight is 384 g/mol. The highest BCUT2D eigenvalue weighted by Gasteiger charge is 2.24. The maximum Gasteiger partial charge on any atom is 0.254 e. The molecule has 2 aromatic rings. The Morgan fingerprint density at radius 1 is 0.964 bits per heavy atom. The number of nitrogens with zero attached hydrogens (tertiary/aromatic N) is 6. The molecule has 2 aromatic heterocycles. The fourth-order valence-electron chi connectivity index (χ4n) is 3.45. The molecule has 2 aliphatic heterocycles. The first-order valence-corrected chi connectivity index (χ1v) is 9.43. The zero-order valence-corrected chi connectivity index (χ0v) is 16.0. The van der Waals surface area contributed by atoms with E-state index < -0.39 is 0 Å². The topological polar surface area (TPSA) is 83.9 Å². The summed E-state index contributed by atoms with van der Waals surface area (Å²) in [7, 11) is 1.54. The van der Waals surface area contributed by atoms with Crippen molar-refractivity contribution in [2.24, 2.45) is 0 Å². The minimum Gasteiger partial charge on any atom is -0.481 e. The molecule has 4 heterocycles. The van der Waals surface area contributed by atoms with Crippen LogP contribution >= 0.6 is 0 Å². The molecular weight excluding hydrogens is 360 g/mol. The van der Waals surface area contributed by atoms with E-state index in [-0.39, 0.29) is 5.91 Å². The Balaban J connectivity index is 1.39. The Labute approximate surface area is 163 Å². The number of carbonyl (C=O) groups is 1. The number of aromatic nitrogens is 3. The Morgan fingerprint density at radius 2 is 1.64 bits per heavy atom. The van der Waals surface area contributed by atoms with Crippen molar-refractivity contribution in [1.29, 1.82) is 0 Å². The number of ether oxygens (including phenoxy) is 2. The third-order valence-corrected chi connectivity index (χ3v) is 5.06. The van der Waals surface area contributed by atoms with Gasteiger partial charge in [-0.1, -0.05) is 0 Å². The lowest BCUT2D eigenvalue weighted by Crippen LogP contribution is -2.49. The first kappa shape index (κ1) is 18.4. The lowest BCUT2D eigenvalue weighted by Gasteiger charge is -2.36. The quantitative estimate of drug-likeness (QED) is 0.761. The van der Waals surface area contributed by atoms with Gasteiger partial charge in [-0.05, 0) is 6.07 Å². The summed E-state index contributed by atoms with van der Waals surface area (Å²) in [6, 6.07) is 5.42. The second-order valence-electron chi connectivity index (χ2n) is 6.70. The van der Waals surface area contributed by atoms with Crippen molar-refractivity contribution in [3.05, 3.63) is 36.3 Å². The number of pyridine rings is 1. The van der Waals surface area contributed by atoms with Crippen molar-refractivity contribution >= 4 is 17.5 Å². The van der Waals surface area contributed by atoms with Gasteiger partial charge in [-0.25, -0.2) is 15.0 Å². The molecule has 148 valence electrons. The molecule has 0 bridgehead atoms. The van der Waals surface area contributed by atoms with E-state index >= 15 is 0 Å². The van der Waals surface area contributed by atoms with Gasteiger partial charge in [0.1, 0.15) is 18.0 Å². The van der Waals surface area contributed by atoms with E-state index in [0.717, 1.165) is 51.0 Å². The van der Waals surface area contributed by atoms with E-state index in [1.165, 1.54) is 0 Å². The fraction of sp³-hybridized carbons (Fsp3) is 0.474.